The molecule has 0 spiro atoms. The van der Waals surface area contributed by atoms with Gasteiger partial charge in [-0.25, -0.2) is 0 Å². The van der Waals surface area contributed by atoms with E-state index in [-0.39, 0.29) is 16.1 Å². The van der Waals surface area contributed by atoms with E-state index < -0.39 is 11.5 Å². The largest absolute Gasteiger partial charge is 0.497 e. The number of carbonyl (C=O) groups excluding carboxylic acids is 2. The summed E-state index contributed by atoms with van der Waals surface area (Å²) in [4.78, 5) is 26.1. The third-order valence-electron chi connectivity index (χ3n) is 6.75. The van der Waals surface area contributed by atoms with Crippen LogP contribution in [0.5, 0.6) is 11.5 Å². The topological polar surface area (TPSA) is 61.8 Å². The molecule has 0 amide bonds. The lowest BCUT2D eigenvalue weighted by Crippen LogP contribution is -2.56. The van der Waals surface area contributed by atoms with E-state index in [2.05, 4.69) is 15.9 Å². The van der Waals surface area contributed by atoms with Gasteiger partial charge < -0.3 is 14.2 Å². The molecule has 0 radical (unpaired) electrons. The second-order valence-electron chi connectivity index (χ2n) is 8.87. The van der Waals surface area contributed by atoms with Crippen LogP contribution in [-0.4, -0.2) is 36.4 Å². The molecule has 4 bridgehead atoms. The first-order chi connectivity index (χ1) is 13.3. The van der Waals surface area contributed by atoms with Crippen molar-refractivity contribution >= 4 is 27.7 Å². The number of benzene rings is 1. The maximum atomic E-state index is 13.2. The molecule has 0 unspecified atom stereocenters. The molecule has 0 aromatic heterocycles. The Morgan fingerprint density at radius 2 is 1.79 bits per heavy atom. The molecule has 4 saturated carbocycles. The van der Waals surface area contributed by atoms with E-state index in [9.17, 15) is 9.59 Å². The molecule has 0 saturated heterocycles. The number of hydrogen-bond donors (Lipinski definition) is 0. The minimum absolute atomic E-state index is 0.0720. The van der Waals surface area contributed by atoms with E-state index in [1.54, 1.807) is 32.2 Å². The van der Waals surface area contributed by atoms with Crippen LogP contribution in [0.3, 0.4) is 0 Å². The number of halogens is 1. The molecule has 4 aliphatic carbocycles. The lowest BCUT2D eigenvalue weighted by molar-refractivity contribution is -0.172. The predicted molar refractivity (Wildman–Crippen MR) is 108 cm³/mol. The average Bonchev–Trinajstić information content (AvgIpc) is 2.64. The van der Waals surface area contributed by atoms with Crippen LogP contribution in [0, 0.1) is 17.3 Å². The molecule has 3 atom stereocenters. The Morgan fingerprint density at radius 1 is 1.11 bits per heavy atom. The predicted octanol–water partition coefficient (Wildman–Crippen LogP) is 4.55. The summed E-state index contributed by atoms with van der Waals surface area (Å²) in [6, 6.07) is 5.02. The normalized spacial score (nSPS) is 34.0. The van der Waals surface area contributed by atoms with E-state index in [1.165, 1.54) is 13.5 Å². The minimum Gasteiger partial charge on any atom is -0.497 e. The first kappa shape index (κ1) is 19.7. The van der Waals surface area contributed by atoms with E-state index >= 15 is 0 Å². The van der Waals surface area contributed by atoms with Gasteiger partial charge in [-0.3, -0.25) is 9.59 Å². The third-order valence-corrected chi connectivity index (χ3v) is 7.68. The summed E-state index contributed by atoms with van der Waals surface area (Å²) in [7, 11) is 3.07. The van der Waals surface area contributed by atoms with E-state index in [1.807, 2.05) is 0 Å². The molecule has 5 rings (SSSR count). The number of ketones is 1. The molecule has 6 heteroatoms. The Labute approximate surface area is 174 Å². The molecule has 4 fully saturated rings. The van der Waals surface area contributed by atoms with E-state index in [0.717, 1.165) is 32.1 Å². The summed E-state index contributed by atoms with van der Waals surface area (Å²) in [6.07, 6.45) is 5.27. The first-order valence-electron chi connectivity index (χ1n) is 9.94. The molecular formula is C22H27BrO5. The number of ether oxygens (including phenoxy) is 3. The number of carbonyl (C=O) groups is 2. The molecule has 5 nitrogen and oxygen atoms in total. The van der Waals surface area contributed by atoms with Crippen LogP contribution in [-0.2, 0) is 9.53 Å². The van der Waals surface area contributed by atoms with Crippen molar-refractivity contribution in [3.8, 4) is 11.5 Å². The molecule has 1 aromatic rings. The Hall–Kier alpha value is -1.56. The number of Topliss-reactive ketones (excluding diaryl/α,β-unsaturated/α-hetero) is 1. The third kappa shape index (κ3) is 3.34. The fraction of sp³-hybridized carbons (Fsp3) is 0.636. The van der Waals surface area contributed by atoms with Crippen molar-refractivity contribution in [2.24, 2.45) is 17.3 Å². The smallest absolute Gasteiger partial charge is 0.312 e. The number of esters is 1. The van der Waals surface area contributed by atoms with Crippen LogP contribution in [0.15, 0.2) is 18.2 Å². The Kier molecular flexibility index (Phi) is 4.97. The minimum atomic E-state index is -0.853. The molecule has 152 valence electrons. The van der Waals surface area contributed by atoms with Crippen LogP contribution in [0.1, 0.15) is 55.8 Å². The van der Waals surface area contributed by atoms with Crippen molar-refractivity contribution in [1.82, 2.24) is 0 Å². The van der Waals surface area contributed by atoms with Gasteiger partial charge in [0.2, 0.25) is 5.78 Å². The molecule has 0 aliphatic heterocycles. The van der Waals surface area contributed by atoms with Crippen LogP contribution in [0.2, 0.25) is 0 Å². The Morgan fingerprint density at radius 3 is 2.36 bits per heavy atom. The molecular weight excluding hydrogens is 424 g/mol. The van der Waals surface area contributed by atoms with Crippen molar-refractivity contribution < 1.29 is 23.8 Å². The zero-order valence-electron chi connectivity index (χ0n) is 16.6. The molecule has 28 heavy (non-hydrogen) atoms. The monoisotopic (exact) mass is 450 g/mol. The second kappa shape index (κ2) is 7.05. The van der Waals surface area contributed by atoms with Crippen LogP contribution in [0.4, 0.5) is 0 Å². The van der Waals surface area contributed by atoms with Gasteiger partial charge in [0.15, 0.2) is 6.10 Å². The highest BCUT2D eigenvalue weighted by Gasteiger charge is 2.60. The van der Waals surface area contributed by atoms with Gasteiger partial charge in [-0.05, 0) is 69.4 Å². The maximum absolute atomic E-state index is 13.2. The molecule has 1 aromatic carbocycles. The van der Waals surface area contributed by atoms with E-state index in [4.69, 9.17) is 14.2 Å². The standard InChI is InChI=1S/C22H27BrO5/c1-13(19(24)17-5-4-16(26-2)7-18(17)27-3)28-20(25)21-8-14-6-15(9-21)11-22(23,10-14)12-21/h4-5,7,13-15H,6,8-12H2,1-3H3/t13-,14-,15-,21?,22?/m1/s1. The lowest BCUT2D eigenvalue weighted by Gasteiger charge is -2.58. The molecule has 4 aliphatic rings. The highest BCUT2D eigenvalue weighted by Crippen LogP contribution is 2.64. The Bertz CT molecular complexity index is 790. The van der Waals surface area contributed by atoms with Crippen molar-refractivity contribution in [3.63, 3.8) is 0 Å². The summed E-state index contributed by atoms with van der Waals surface area (Å²) >= 11 is 3.92. The van der Waals surface area contributed by atoms with Crippen LogP contribution >= 0.6 is 15.9 Å². The zero-order valence-corrected chi connectivity index (χ0v) is 18.2. The Balaban J connectivity index is 1.50. The van der Waals surface area contributed by atoms with Gasteiger partial charge in [-0.2, -0.15) is 0 Å². The number of methoxy groups -OCH3 is 2. The van der Waals surface area contributed by atoms with Gasteiger partial charge in [0.05, 0.1) is 25.2 Å². The molecule has 0 N–H and O–H groups in total. The fourth-order valence-corrected chi connectivity index (χ4v) is 7.40. The van der Waals surface area contributed by atoms with Gasteiger partial charge in [0.1, 0.15) is 11.5 Å². The zero-order chi connectivity index (χ0) is 20.1. The van der Waals surface area contributed by atoms with Crippen molar-refractivity contribution in [2.75, 3.05) is 14.2 Å². The summed E-state index contributed by atoms with van der Waals surface area (Å²) in [5.74, 6) is 1.72. The van der Waals surface area contributed by atoms with Crippen molar-refractivity contribution in [1.29, 1.82) is 0 Å². The maximum Gasteiger partial charge on any atom is 0.312 e. The van der Waals surface area contributed by atoms with Gasteiger partial charge in [0.25, 0.3) is 0 Å². The van der Waals surface area contributed by atoms with Crippen LogP contribution in [0.25, 0.3) is 0 Å². The van der Waals surface area contributed by atoms with Crippen molar-refractivity contribution in [2.45, 2.75) is 55.9 Å². The average molecular weight is 451 g/mol. The van der Waals surface area contributed by atoms with Crippen molar-refractivity contribution in [3.05, 3.63) is 23.8 Å². The lowest BCUT2D eigenvalue weighted by atomic mass is 9.49. The highest BCUT2D eigenvalue weighted by molar-refractivity contribution is 9.10. The number of rotatable bonds is 6. The summed E-state index contributed by atoms with van der Waals surface area (Å²) in [5.41, 5.74) is -0.0439. The van der Waals surface area contributed by atoms with Gasteiger partial charge in [-0.15, -0.1) is 0 Å². The summed E-state index contributed by atoms with van der Waals surface area (Å²) < 4.78 is 16.3. The number of hydrogen-bond acceptors (Lipinski definition) is 5. The quantitative estimate of drug-likeness (QED) is 0.361. The van der Waals surface area contributed by atoms with Crippen LogP contribution < -0.4 is 9.47 Å². The fourth-order valence-electron chi connectivity index (χ4n) is 5.95. The summed E-state index contributed by atoms with van der Waals surface area (Å²) in [5, 5.41) is 0. The first-order valence-corrected chi connectivity index (χ1v) is 10.7. The SMILES string of the molecule is COc1ccc(C(=O)[C@@H](C)OC(=O)C23C[C@H]4C[C@@H](CC(Br)(C4)C2)C3)c(OC)c1. The molecule has 0 heterocycles. The number of alkyl halides is 1. The second-order valence-corrected chi connectivity index (χ2v) is 10.6. The van der Waals surface area contributed by atoms with E-state index in [0.29, 0.717) is 28.9 Å². The highest BCUT2D eigenvalue weighted by atomic mass is 79.9. The summed E-state index contributed by atoms with van der Waals surface area (Å²) in [6.45, 7) is 1.65. The van der Waals surface area contributed by atoms with Gasteiger partial charge >= 0.3 is 5.97 Å². The van der Waals surface area contributed by atoms with Gasteiger partial charge in [-0.1, -0.05) is 15.9 Å². The van der Waals surface area contributed by atoms with Gasteiger partial charge in [0, 0.05) is 10.4 Å².